The van der Waals surface area contributed by atoms with Gasteiger partial charge in [0.2, 0.25) is 5.82 Å². The summed E-state index contributed by atoms with van der Waals surface area (Å²) in [5.41, 5.74) is -0.909. The van der Waals surface area contributed by atoms with Gasteiger partial charge >= 0.3 is 6.18 Å². The fourth-order valence-electron chi connectivity index (χ4n) is 2.67. The molecule has 0 aliphatic carbocycles. The van der Waals surface area contributed by atoms with Crippen LogP contribution in [0.4, 0.5) is 13.2 Å². The van der Waals surface area contributed by atoms with Gasteiger partial charge in [-0.3, -0.25) is 5.32 Å². The number of aromatic nitrogens is 7. The van der Waals surface area contributed by atoms with Crippen LogP contribution < -0.4 is 5.32 Å². The van der Waals surface area contributed by atoms with E-state index in [0.29, 0.717) is 24.4 Å². The van der Waals surface area contributed by atoms with Crippen LogP contribution in [0.5, 0.6) is 0 Å². The predicted octanol–water partition coefficient (Wildman–Crippen LogP) is 0.782. The highest BCUT2D eigenvalue weighted by Crippen LogP contribution is 2.43. The summed E-state index contributed by atoms with van der Waals surface area (Å²) in [5.74, 6) is -0.344. The lowest BCUT2D eigenvalue weighted by Gasteiger charge is -2.28. The van der Waals surface area contributed by atoms with Gasteiger partial charge in [0, 0.05) is 0 Å². The summed E-state index contributed by atoms with van der Waals surface area (Å²) in [4.78, 5) is 2.64. The molecule has 1 saturated heterocycles. The molecule has 2 aromatic rings. The largest absolute Gasteiger partial charge is 0.414 e. The summed E-state index contributed by atoms with van der Waals surface area (Å²) < 4.78 is 40.3. The van der Waals surface area contributed by atoms with Gasteiger partial charge in [0.05, 0.1) is 12.2 Å². The average molecular weight is 330 g/mol. The molecular formula is C12H17F3N8. The Hall–Kier alpha value is -2.04. The van der Waals surface area contributed by atoms with Crippen molar-refractivity contribution in [2.45, 2.75) is 51.5 Å². The molecule has 126 valence electrons. The maximum Gasteiger partial charge on any atom is 0.414 e. The summed E-state index contributed by atoms with van der Waals surface area (Å²) in [6, 6.07) is 0. The maximum absolute atomic E-state index is 13.4. The summed E-state index contributed by atoms with van der Waals surface area (Å²) >= 11 is 0. The Labute approximate surface area is 130 Å². The number of hydrogen-bond acceptors (Lipinski definition) is 6. The Morgan fingerprint density at radius 1 is 1.22 bits per heavy atom. The van der Waals surface area contributed by atoms with Crippen molar-refractivity contribution in [3.63, 3.8) is 0 Å². The van der Waals surface area contributed by atoms with E-state index < -0.39 is 11.7 Å². The van der Waals surface area contributed by atoms with Crippen LogP contribution >= 0.6 is 0 Å². The summed E-state index contributed by atoms with van der Waals surface area (Å²) in [6.45, 7) is 4.69. The van der Waals surface area contributed by atoms with Gasteiger partial charge in [0.15, 0.2) is 5.54 Å². The van der Waals surface area contributed by atoms with E-state index in [1.807, 2.05) is 6.92 Å². The zero-order valence-electron chi connectivity index (χ0n) is 12.8. The first-order valence-corrected chi connectivity index (χ1v) is 7.36. The third-order valence-electron chi connectivity index (χ3n) is 3.97. The van der Waals surface area contributed by atoms with E-state index >= 15 is 0 Å². The zero-order chi connectivity index (χ0) is 16.7. The van der Waals surface area contributed by atoms with E-state index in [0.717, 1.165) is 4.80 Å². The number of hydrogen-bond donors (Lipinski definition) is 1. The van der Waals surface area contributed by atoms with Crippen molar-refractivity contribution >= 4 is 0 Å². The van der Waals surface area contributed by atoms with Gasteiger partial charge in [0.25, 0.3) is 0 Å². The minimum Gasteiger partial charge on any atom is -0.297 e. The Bertz CT molecular complexity index is 683. The number of tetrazole rings is 1. The van der Waals surface area contributed by atoms with E-state index in [1.54, 1.807) is 6.92 Å². The van der Waals surface area contributed by atoms with Gasteiger partial charge in [-0.05, 0) is 38.4 Å². The Morgan fingerprint density at radius 3 is 2.57 bits per heavy atom. The van der Waals surface area contributed by atoms with Gasteiger partial charge in [-0.2, -0.15) is 33.0 Å². The van der Waals surface area contributed by atoms with Gasteiger partial charge in [0.1, 0.15) is 12.2 Å². The van der Waals surface area contributed by atoms with Crippen LogP contribution in [0.25, 0.3) is 0 Å². The molecule has 1 aliphatic rings. The summed E-state index contributed by atoms with van der Waals surface area (Å²) in [7, 11) is 0. The fraction of sp³-hybridized carbons (Fsp3) is 0.750. The van der Waals surface area contributed by atoms with Crippen LogP contribution in [0.2, 0.25) is 0 Å². The molecule has 1 atom stereocenters. The van der Waals surface area contributed by atoms with E-state index in [4.69, 9.17) is 0 Å². The minimum atomic E-state index is -4.47. The number of halogens is 3. The normalized spacial score (nSPS) is 22.0. The molecule has 2 aromatic heterocycles. The molecule has 11 heteroatoms. The fourth-order valence-corrected chi connectivity index (χ4v) is 2.67. The van der Waals surface area contributed by atoms with Crippen molar-refractivity contribution in [2.75, 3.05) is 6.54 Å². The molecule has 8 nitrogen and oxygen atoms in total. The third-order valence-corrected chi connectivity index (χ3v) is 3.97. The summed E-state index contributed by atoms with van der Waals surface area (Å²) in [5, 5.41) is 22.2. The van der Waals surface area contributed by atoms with Crippen LogP contribution in [0.1, 0.15) is 37.0 Å². The number of rotatable bonds is 4. The first kappa shape index (κ1) is 15.8. The van der Waals surface area contributed by atoms with E-state index in [2.05, 4.69) is 30.9 Å². The number of nitrogens with zero attached hydrogens (tertiary/aromatic N) is 7. The Balaban J connectivity index is 1.86. The molecule has 3 heterocycles. The van der Waals surface area contributed by atoms with Crippen LogP contribution in [-0.4, -0.2) is 47.9 Å². The second-order valence-electron chi connectivity index (χ2n) is 5.50. The third kappa shape index (κ3) is 2.69. The summed E-state index contributed by atoms with van der Waals surface area (Å²) in [6.07, 6.45) is -4.15. The van der Waals surface area contributed by atoms with E-state index in [-0.39, 0.29) is 25.3 Å². The highest BCUT2D eigenvalue weighted by molar-refractivity contribution is 5.12. The van der Waals surface area contributed by atoms with Crippen LogP contribution in [0.3, 0.4) is 0 Å². The first-order chi connectivity index (χ1) is 10.9. The molecule has 3 rings (SSSR count). The van der Waals surface area contributed by atoms with Crippen LogP contribution in [0, 0.1) is 6.92 Å². The van der Waals surface area contributed by atoms with Crippen LogP contribution in [-0.2, 0) is 18.6 Å². The smallest absolute Gasteiger partial charge is 0.297 e. The topological polar surface area (TPSA) is 86.3 Å². The van der Waals surface area contributed by atoms with Crippen molar-refractivity contribution < 1.29 is 13.2 Å². The molecule has 23 heavy (non-hydrogen) atoms. The Morgan fingerprint density at radius 2 is 2.00 bits per heavy atom. The number of nitrogens with one attached hydrogen (secondary N) is 1. The highest BCUT2D eigenvalue weighted by Gasteiger charge is 2.60. The van der Waals surface area contributed by atoms with Crippen LogP contribution in [0.15, 0.2) is 0 Å². The van der Waals surface area contributed by atoms with Crippen molar-refractivity contribution in [3.05, 3.63) is 17.2 Å². The Kier molecular flexibility index (Phi) is 3.82. The van der Waals surface area contributed by atoms with Crippen molar-refractivity contribution in [2.24, 2.45) is 0 Å². The van der Waals surface area contributed by atoms with Crippen molar-refractivity contribution in [1.82, 2.24) is 40.5 Å². The van der Waals surface area contributed by atoms with Gasteiger partial charge < -0.3 is 0 Å². The second kappa shape index (κ2) is 5.55. The molecule has 1 fully saturated rings. The van der Waals surface area contributed by atoms with Crippen molar-refractivity contribution in [3.8, 4) is 0 Å². The number of alkyl halides is 3. The molecule has 0 spiro atoms. The first-order valence-electron chi connectivity index (χ1n) is 7.36. The second-order valence-corrected chi connectivity index (χ2v) is 5.50. The molecular weight excluding hydrogens is 313 g/mol. The van der Waals surface area contributed by atoms with E-state index in [1.165, 1.54) is 4.80 Å². The lowest BCUT2D eigenvalue weighted by Crippen LogP contribution is -2.50. The molecule has 0 bridgehead atoms. The minimum absolute atomic E-state index is 0.0900. The van der Waals surface area contributed by atoms with E-state index in [9.17, 15) is 13.2 Å². The van der Waals surface area contributed by atoms with Gasteiger partial charge in [-0.25, -0.2) is 0 Å². The standard InChI is InChI=1S/C12H17F3N8/c1-3-22-18-8(2)9(19-22)7-23-20-10(17-21-23)11(12(13,14)15)5-4-6-16-11/h16H,3-7H2,1-2H3. The maximum atomic E-state index is 13.4. The molecule has 0 saturated carbocycles. The quantitative estimate of drug-likeness (QED) is 0.892. The monoisotopic (exact) mass is 330 g/mol. The predicted molar refractivity (Wildman–Crippen MR) is 72.3 cm³/mol. The lowest BCUT2D eigenvalue weighted by atomic mass is 9.96. The molecule has 1 N–H and O–H groups in total. The molecule has 1 aliphatic heterocycles. The SMILES string of the molecule is CCn1nc(C)c(Cn2nnc(C3(C(F)(F)F)CCCN3)n2)n1. The molecule has 0 radical (unpaired) electrons. The molecule has 0 aromatic carbocycles. The van der Waals surface area contributed by atoms with Crippen molar-refractivity contribution in [1.29, 1.82) is 0 Å². The molecule has 0 amide bonds. The highest BCUT2D eigenvalue weighted by atomic mass is 19.4. The zero-order valence-corrected chi connectivity index (χ0v) is 12.8. The molecule has 1 unspecified atom stereocenters. The average Bonchev–Trinajstić information content (AvgIpc) is 3.19. The number of aryl methyl sites for hydroxylation is 2. The lowest BCUT2D eigenvalue weighted by molar-refractivity contribution is -0.198. The van der Waals surface area contributed by atoms with Gasteiger partial charge in [-0.15, -0.1) is 10.2 Å². The van der Waals surface area contributed by atoms with Gasteiger partial charge in [-0.1, -0.05) is 0 Å².